The van der Waals surface area contributed by atoms with Crippen molar-refractivity contribution >= 4 is 17.4 Å². The van der Waals surface area contributed by atoms with E-state index in [9.17, 15) is 4.79 Å². The van der Waals surface area contributed by atoms with Gasteiger partial charge in [-0.25, -0.2) is 4.98 Å². The van der Waals surface area contributed by atoms with Crippen LogP contribution in [0, 0.1) is 5.92 Å². The van der Waals surface area contributed by atoms with Crippen LogP contribution >= 0.6 is 0 Å². The Bertz CT molecular complexity index is 386. The molecule has 0 radical (unpaired) electrons. The molecule has 1 atom stereocenters. The summed E-state index contributed by atoms with van der Waals surface area (Å²) in [5.41, 5.74) is 6.55. The Hall–Kier alpha value is -1.62. The maximum Gasteiger partial charge on any atom is 0.225 e. The van der Waals surface area contributed by atoms with Crippen molar-refractivity contribution in [3.63, 3.8) is 0 Å². The minimum atomic E-state index is -0.112. The van der Waals surface area contributed by atoms with Crippen LogP contribution in [0.25, 0.3) is 0 Å². The Morgan fingerprint density at radius 3 is 2.56 bits per heavy atom. The number of hydrogen-bond donors (Lipinski definition) is 2. The van der Waals surface area contributed by atoms with Gasteiger partial charge in [-0.1, -0.05) is 13.8 Å². The van der Waals surface area contributed by atoms with Crippen molar-refractivity contribution in [2.45, 2.75) is 26.3 Å². The largest absolute Gasteiger partial charge is 0.363 e. The first kappa shape index (κ1) is 14.4. The number of carbonyl (C=O) groups excluding carboxylic acids is 1. The summed E-state index contributed by atoms with van der Waals surface area (Å²) in [6.45, 7) is 4.01. The van der Waals surface area contributed by atoms with E-state index >= 15 is 0 Å². The number of amides is 1. The summed E-state index contributed by atoms with van der Waals surface area (Å²) in [6, 6.07) is 3.58. The lowest BCUT2D eigenvalue weighted by molar-refractivity contribution is -0.116. The maximum atomic E-state index is 11.7. The van der Waals surface area contributed by atoms with Crippen molar-refractivity contribution in [3.8, 4) is 0 Å². The second-order valence-electron chi connectivity index (χ2n) is 4.96. The highest BCUT2D eigenvalue weighted by atomic mass is 16.1. The van der Waals surface area contributed by atoms with Crippen LogP contribution in [0.15, 0.2) is 18.3 Å². The van der Waals surface area contributed by atoms with E-state index in [1.807, 2.05) is 45.0 Å². The number of anilines is 2. The number of hydrogen-bond acceptors (Lipinski definition) is 4. The van der Waals surface area contributed by atoms with E-state index in [1.165, 1.54) is 0 Å². The molecule has 0 aromatic carbocycles. The fourth-order valence-corrected chi connectivity index (χ4v) is 1.39. The van der Waals surface area contributed by atoms with E-state index in [-0.39, 0.29) is 11.9 Å². The number of nitrogens with one attached hydrogen (secondary N) is 1. The van der Waals surface area contributed by atoms with Crippen LogP contribution < -0.4 is 16.0 Å². The van der Waals surface area contributed by atoms with Crippen molar-refractivity contribution < 1.29 is 4.79 Å². The topological polar surface area (TPSA) is 71.2 Å². The minimum absolute atomic E-state index is 0.0735. The van der Waals surface area contributed by atoms with Gasteiger partial charge in [-0.15, -0.1) is 0 Å². The van der Waals surface area contributed by atoms with Crippen molar-refractivity contribution in [1.82, 2.24) is 4.98 Å². The summed E-state index contributed by atoms with van der Waals surface area (Å²) in [5.74, 6) is 1.08. The average molecular weight is 250 g/mol. The summed E-state index contributed by atoms with van der Waals surface area (Å²) < 4.78 is 0. The molecular formula is C13H22N4O. The van der Waals surface area contributed by atoms with E-state index in [0.29, 0.717) is 18.0 Å². The second kappa shape index (κ2) is 6.35. The molecule has 0 bridgehead atoms. The molecular weight excluding hydrogens is 228 g/mol. The molecule has 0 aliphatic heterocycles. The summed E-state index contributed by atoms with van der Waals surface area (Å²) in [7, 11) is 3.84. The van der Waals surface area contributed by atoms with Gasteiger partial charge in [-0.3, -0.25) is 4.79 Å². The van der Waals surface area contributed by atoms with Crippen LogP contribution in [0.1, 0.15) is 20.3 Å². The molecule has 1 aromatic heterocycles. The monoisotopic (exact) mass is 250 g/mol. The molecule has 100 valence electrons. The SMILES string of the molecule is CC(C)C(N)CC(=O)Nc1ccc(N(C)C)nc1. The van der Waals surface area contributed by atoms with Crippen LogP contribution in [0.2, 0.25) is 0 Å². The minimum Gasteiger partial charge on any atom is -0.363 e. The lowest BCUT2D eigenvalue weighted by Crippen LogP contribution is -2.31. The van der Waals surface area contributed by atoms with E-state index < -0.39 is 0 Å². The third-order valence-electron chi connectivity index (χ3n) is 2.77. The van der Waals surface area contributed by atoms with E-state index in [0.717, 1.165) is 5.82 Å². The van der Waals surface area contributed by atoms with Crippen LogP contribution in [0.3, 0.4) is 0 Å². The zero-order valence-corrected chi connectivity index (χ0v) is 11.5. The lowest BCUT2D eigenvalue weighted by atomic mass is 10.0. The fourth-order valence-electron chi connectivity index (χ4n) is 1.39. The fraction of sp³-hybridized carbons (Fsp3) is 0.538. The third kappa shape index (κ3) is 4.33. The van der Waals surface area contributed by atoms with Crippen LogP contribution in [0.5, 0.6) is 0 Å². The number of nitrogens with two attached hydrogens (primary N) is 1. The van der Waals surface area contributed by atoms with Crippen molar-refractivity contribution in [3.05, 3.63) is 18.3 Å². The number of nitrogens with zero attached hydrogens (tertiary/aromatic N) is 2. The summed E-state index contributed by atoms with van der Waals surface area (Å²) in [6.07, 6.45) is 1.97. The summed E-state index contributed by atoms with van der Waals surface area (Å²) in [5, 5.41) is 2.79. The molecule has 1 unspecified atom stereocenters. The predicted octanol–water partition coefficient (Wildman–Crippen LogP) is 1.46. The van der Waals surface area contributed by atoms with E-state index in [2.05, 4.69) is 10.3 Å². The highest BCUT2D eigenvalue weighted by Gasteiger charge is 2.13. The predicted molar refractivity (Wildman–Crippen MR) is 74.6 cm³/mol. The molecule has 18 heavy (non-hydrogen) atoms. The first-order valence-corrected chi connectivity index (χ1v) is 6.09. The normalized spacial score (nSPS) is 12.3. The Kier molecular flexibility index (Phi) is 5.09. The third-order valence-corrected chi connectivity index (χ3v) is 2.77. The Balaban J connectivity index is 2.54. The van der Waals surface area contributed by atoms with Crippen molar-refractivity contribution in [1.29, 1.82) is 0 Å². The molecule has 5 nitrogen and oxygen atoms in total. The number of carbonyl (C=O) groups is 1. The first-order valence-electron chi connectivity index (χ1n) is 6.09. The second-order valence-corrected chi connectivity index (χ2v) is 4.96. The van der Waals surface area contributed by atoms with Gasteiger partial charge in [0, 0.05) is 26.6 Å². The van der Waals surface area contributed by atoms with Gasteiger partial charge < -0.3 is 16.0 Å². The quantitative estimate of drug-likeness (QED) is 0.830. The van der Waals surface area contributed by atoms with Gasteiger partial charge in [-0.2, -0.15) is 0 Å². The van der Waals surface area contributed by atoms with Crippen LogP contribution in [-0.2, 0) is 4.79 Å². The molecule has 1 aromatic rings. The zero-order chi connectivity index (χ0) is 13.7. The van der Waals surface area contributed by atoms with E-state index in [1.54, 1.807) is 6.20 Å². The van der Waals surface area contributed by atoms with Crippen LogP contribution in [-0.4, -0.2) is 31.0 Å². The smallest absolute Gasteiger partial charge is 0.225 e. The van der Waals surface area contributed by atoms with E-state index in [4.69, 9.17) is 5.73 Å². The molecule has 0 aliphatic rings. The standard InChI is InChI=1S/C13H22N4O/c1-9(2)11(14)7-13(18)16-10-5-6-12(15-8-10)17(3)4/h5-6,8-9,11H,7,14H2,1-4H3,(H,16,18). The number of pyridine rings is 1. The molecule has 0 fully saturated rings. The van der Waals surface area contributed by atoms with Gasteiger partial charge >= 0.3 is 0 Å². The zero-order valence-electron chi connectivity index (χ0n) is 11.5. The summed E-state index contributed by atoms with van der Waals surface area (Å²) >= 11 is 0. The van der Waals surface area contributed by atoms with Gasteiger partial charge in [0.25, 0.3) is 0 Å². The molecule has 0 spiro atoms. The van der Waals surface area contributed by atoms with Crippen LogP contribution in [0.4, 0.5) is 11.5 Å². The molecule has 0 saturated carbocycles. The van der Waals surface area contributed by atoms with Crippen molar-refractivity contribution in [2.24, 2.45) is 11.7 Å². The molecule has 1 rings (SSSR count). The van der Waals surface area contributed by atoms with Crippen molar-refractivity contribution in [2.75, 3.05) is 24.3 Å². The molecule has 1 amide bonds. The van der Waals surface area contributed by atoms with Gasteiger partial charge in [0.15, 0.2) is 0 Å². The van der Waals surface area contributed by atoms with Gasteiger partial charge in [-0.05, 0) is 18.1 Å². The van der Waals surface area contributed by atoms with Gasteiger partial charge in [0.05, 0.1) is 11.9 Å². The molecule has 1 heterocycles. The average Bonchev–Trinajstić information content (AvgIpc) is 2.29. The number of rotatable bonds is 5. The first-order chi connectivity index (χ1) is 8.40. The Labute approximate surface area is 108 Å². The lowest BCUT2D eigenvalue weighted by Gasteiger charge is -2.15. The molecule has 5 heteroatoms. The molecule has 3 N–H and O–H groups in total. The molecule has 0 saturated heterocycles. The van der Waals surface area contributed by atoms with Gasteiger partial charge in [0.2, 0.25) is 5.91 Å². The number of aromatic nitrogens is 1. The summed E-state index contributed by atoms with van der Waals surface area (Å²) in [4.78, 5) is 17.8. The Morgan fingerprint density at radius 1 is 1.44 bits per heavy atom. The van der Waals surface area contributed by atoms with Gasteiger partial charge in [0.1, 0.15) is 5.82 Å². The highest BCUT2D eigenvalue weighted by molar-refractivity contribution is 5.91. The Morgan fingerprint density at radius 2 is 2.11 bits per heavy atom. The highest BCUT2D eigenvalue weighted by Crippen LogP contribution is 2.12. The maximum absolute atomic E-state index is 11.7. The molecule has 0 aliphatic carbocycles.